The summed E-state index contributed by atoms with van der Waals surface area (Å²) >= 11 is 0. The van der Waals surface area contributed by atoms with Gasteiger partial charge in [-0.05, 0) is 19.9 Å². The van der Waals surface area contributed by atoms with E-state index < -0.39 is 17.7 Å². The number of carbonyl (C=O) groups excluding carboxylic acids is 2. The molecule has 1 aliphatic heterocycles. The molecular formula is C15H25F2N3O3. The SMILES string of the molecule is CN(CC(N)=O)C[C@@H]1CN(C(=O)[C@@H]2CCCC(F)(F)C2)CCO1. The molecule has 2 N–H and O–H groups in total. The van der Waals surface area contributed by atoms with Crippen LogP contribution in [-0.4, -0.2) is 73.5 Å². The van der Waals surface area contributed by atoms with Crippen LogP contribution in [0.4, 0.5) is 8.78 Å². The first-order chi connectivity index (χ1) is 10.8. The third kappa shape index (κ3) is 5.39. The molecule has 1 saturated heterocycles. The van der Waals surface area contributed by atoms with Crippen LogP contribution in [0.3, 0.4) is 0 Å². The molecule has 0 aromatic rings. The molecule has 2 fully saturated rings. The van der Waals surface area contributed by atoms with Crippen LogP contribution in [0.5, 0.6) is 0 Å². The Morgan fingerprint density at radius 2 is 2.17 bits per heavy atom. The van der Waals surface area contributed by atoms with Crippen molar-refractivity contribution in [2.24, 2.45) is 11.7 Å². The highest BCUT2D eigenvalue weighted by molar-refractivity contribution is 5.79. The van der Waals surface area contributed by atoms with Gasteiger partial charge < -0.3 is 15.4 Å². The van der Waals surface area contributed by atoms with Gasteiger partial charge in [0.05, 0.1) is 19.3 Å². The normalized spacial score (nSPS) is 27.9. The Kier molecular flexibility index (Phi) is 5.91. The van der Waals surface area contributed by atoms with E-state index in [0.29, 0.717) is 39.1 Å². The van der Waals surface area contributed by atoms with Crippen molar-refractivity contribution in [3.63, 3.8) is 0 Å². The molecule has 0 spiro atoms. The lowest BCUT2D eigenvalue weighted by atomic mass is 9.85. The fourth-order valence-electron chi connectivity index (χ4n) is 3.35. The maximum Gasteiger partial charge on any atom is 0.248 e. The van der Waals surface area contributed by atoms with Gasteiger partial charge in [-0.3, -0.25) is 14.5 Å². The molecule has 0 aromatic heterocycles. The van der Waals surface area contributed by atoms with Crippen LogP contribution in [0.2, 0.25) is 0 Å². The third-order valence-electron chi connectivity index (χ3n) is 4.38. The van der Waals surface area contributed by atoms with Crippen molar-refractivity contribution < 1.29 is 23.1 Å². The third-order valence-corrected chi connectivity index (χ3v) is 4.38. The van der Waals surface area contributed by atoms with Crippen molar-refractivity contribution in [1.29, 1.82) is 0 Å². The van der Waals surface area contributed by atoms with Gasteiger partial charge in [-0.1, -0.05) is 0 Å². The van der Waals surface area contributed by atoms with Gasteiger partial charge in [-0.25, -0.2) is 8.78 Å². The first kappa shape index (κ1) is 18.1. The molecule has 132 valence electrons. The molecule has 1 aliphatic carbocycles. The van der Waals surface area contributed by atoms with Crippen molar-refractivity contribution in [3.05, 3.63) is 0 Å². The molecule has 2 aliphatic rings. The average molecular weight is 333 g/mol. The number of carbonyl (C=O) groups is 2. The Morgan fingerprint density at radius 1 is 1.43 bits per heavy atom. The van der Waals surface area contributed by atoms with Crippen LogP contribution >= 0.6 is 0 Å². The predicted octanol–water partition coefficient (Wildman–Crippen LogP) is 0.456. The number of primary amides is 1. The lowest BCUT2D eigenvalue weighted by molar-refractivity contribution is -0.150. The van der Waals surface area contributed by atoms with Crippen LogP contribution in [0.1, 0.15) is 25.7 Å². The standard InChI is InChI=1S/C15H25F2N3O3/c1-19(10-13(18)21)8-12-9-20(5-6-23-12)14(22)11-3-2-4-15(16,17)7-11/h11-12H,2-10H2,1H3,(H2,18,21)/t11-,12-/m1/s1. The zero-order chi connectivity index (χ0) is 17.0. The summed E-state index contributed by atoms with van der Waals surface area (Å²) in [5.41, 5.74) is 5.14. The zero-order valence-corrected chi connectivity index (χ0v) is 13.5. The highest BCUT2D eigenvalue weighted by Gasteiger charge is 2.41. The lowest BCUT2D eigenvalue weighted by Crippen LogP contribution is -2.52. The maximum atomic E-state index is 13.5. The van der Waals surface area contributed by atoms with Crippen LogP contribution in [0.15, 0.2) is 0 Å². The van der Waals surface area contributed by atoms with Gasteiger partial charge in [0.1, 0.15) is 0 Å². The topological polar surface area (TPSA) is 75.9 Å². The molecule has 2 atom stereocenters. The van der Waals surface area contributed by atoms with Crippen molar-refractivity contribution in [3.8, 4) is 0 Å². The van der Waals surface area contributed by atoms with E-state index in [0.717, 1.165) is 0 Å². The van der Waals surface area contributed by atoms with E-state index in [4.69, 9.17) is 10.5 Å². The summed E-state index contributed by atoms with van der Waals surface area (Å²) in [6.45, 7) is 1.75. The Labute approximate surface area is 134 Å². The van der Waals surface area contributed by atoms with Crippen molar-refractivity contribution >= 4 is 11.8 Å². The van der Waals surface area contributed by atoms with E-state index in [-0.39, 0.29) is 31.4 Å². The minimum Gasteiger partial charge on any atom is -0.373 e. The summed E-state index contributed by atoms with van der Waals surface area (Å²) in [5.74, 6) is -3.96. The van der Waals surface area contributed by atoms with Crippen molar-refractivity contribution in [2.45, 2.75) is 37.7 Å². The molecule has 23 heavy (non-hydrogen) atoms. The molecule has 6 nitrogen and oxygen atoms in total. The summed E-state index contributed by atoms with van der Waals surface area (Å²) in [5, 5.41) is 0. The molecule has 0 radical (unpaired) electrons. The second-order valence-electron chi connectivity index (χ2n) is 6.59. The van der Waals surface area contributed by atoms with E-state index in [1.807, 2.05) is 0 Å². The number of halogens is 2. The largest absolute Gasteiger partial charge is 0.373 e. The molecule has 0 unspecified atom stereocenters. The number of hydrogen-bond acceptors (Lipinski definition) is 4. The van der Waals surface area contributed by atoms with E-state index in [9.17, 15) is 18.4 Å². The molecule has 0 bridgehead atoms. The Morgan fingerprint density at radius 3 is 2.83 bits per heavy atom. The number of rotatable bonds is 5. The van der Waals surface area contributed by atoms with Crippen molar-refractivity contribution in [2.75, 3.05) is 39.8 Å². The number of likely N-dealkylation sites (N-methyl/N-ethyl adjacent to an activating group) is 1. The second-order valence-corrected chi connectivity index (χ2v) is 6.59. The number of amides is 2. The van der Waals surface area contributed by atoms with Gasteiger partial charge in [0.15, 0.2) is 0 Å². The average Bonchev–Trinajstić information content (AvgIpc) is 2.44. The summed E-state index contributed by atoms with van der Waals surface area (Å²) in [6, 6.07) is 0. The summed E-state index contributed by atoms with van der Waals surface area (Å²) in [4.78, 5) is 26.8. The van der Waals surface area contributed by atoms with Gasteiger partial charge in [0.25, 0.3) is 0 Å². The maximum absolute atomic E-state index is 13.5. The molecular weight excluding hydrogens is 308 g/mol. The molecule has 1 saturated carbocycles. The summed E-state index contributed by atoms with van der Waals surface area (Å²) in [6.07, 6.45) is 0.202. The fraction of sp³-hybridized carbons (Fsp3) is 0.867. The van der Waals surface area contributed by atoms with Gasteiger partial charge in [-0.2, -0.15) is 0 Å². The molecule has 8 heteroatoms. The number of nitrogens with zero attached hydrogens (tertiary/aromatic N) is 2. The van der Waals surface area contributed by atoms with Crippen LogP contribution in [-0.2, 0) is 14.3 Å². The lowest BCUT2D eigenvalue weighted by Gasteiger charge is -2.38. The zero-order valence-electron chi connectivity index (χ0n) is 13.5. The molecule has 2 amide bonds. The minimum atomic E-state index is -2.73. The Hall–Kier alpha value is -1.28. The van der Waals surface area contributed by atoms with E-state index in [1.54, 1.807) is 16.8 Å². The minimum absolute atomic E-state index is 0.114. The molecule has 1 heterocycles. The molecule has 0 aromatic carbocycles. The van der Waals surface area contributed by atoms with Gasteiger partial charge in [-0.15, -0.1) is 0 Å². The smallest absolute Gasteiger partial charge is 0.248 e. The summed E-state index contributed by atoms with van der Waals surface area (Å²) < 4.78 is 32.6. The Bertz CT molecular complexity index is 448. The van der Waals surface area contributed by atoms with Crippen LogP contribution in [0, 0.1) is 5.92 Å². The molecule has 2 rings (SSSR count). The fourth-order valence-corrected chi connectivity index (χ4v) is 3.35. The van der Waals surface area contributed by atoms with Crippen LogP contribution in [0.25, 0.3) is 0 Å². The van der Waals surface area contributed by atoms with Gasteiger partial charge in [0.2, 0.25) is 17.7 Å². The summed E-state index contributed by atoms with van der Waals surface area (Å²) in [7, 11) is 1.75. The van der Waals surface area contributed by atoms with Crippen LogP contribution < -0.4 is 5.73 Å². The Balaban J connectivity index is 1.87. The number of ether oxygens (including phenoxy) is 1. The highest BCUT2D eigenvalue weighted by Crippen LogP contribution is 2.37. The highest BCUT2D eigenvalue weighted by atomic mass is 19.3. The predicted molar refractivity (Wildman–Crippen MR) is 79.9 cm³/mol. The number of hydrogen-bond donors (Lipinski definition) is 1. The van der Waals surface area contributed by atoms with E-state index in [1.165, 1.54) is 0 Å². The first-order valence-electron chi connectivity index (χ1n) is 8.02. The van der Waals surface area contributed by atoms with Gasteiger partial charge >= 0.3 is 0 Å². The van der Waals surface area contributed by atoms with E-state index >= 15 is 0 Å². The number of nitrogens with two attached hydrogens (primary N) is 1. The quantitative estimate of drug-likeness (QED) is 0.793. The first-order valence-corrected chi connectivity index (χ1v) is 8.02. The van der Waals surface area contributed by atoms with Crippen molar-refractivity contribution in [1.82, 2.24) is 9.80 Å². The number of morpholine rings is 1. The second kappa shape index (κ2) is 7.53. The van der Waals surface area contributed by atoms with Gasteiger partial charge in [0, 0.05) is 38.4 Å². The monoisotopic (exact) mass is 333 g/mol. The van der Waals surface area contributed by atoms with E-state index in [2.05, 4.69) is 0 Å². The number of alkyl halides is 2.